The molecular weight excluding hydrogens is 656 g/mol. The second-order valence-corrected chi connectivity index (χ2v) is 20.5. The SMILES string of the molecule is CC(C)[C@@H](OC(=O)N1CCC1)[C@H]1C[C@@H](C)[C@H]2[C@H](O1)[C@H](O)[C@@]1(C)[C@@H]3CC[C@H]4C(C)(C)[C@@H](OC(=O)NCCN5CCN(C)CC5)CC[C@@]45CC35CC[C@]21C. The summed E-state index contributed by atoms with van der Waals surface area (Å²) in [5.74, 6) is 1.73. The molecule has 5 aliphatic carbocycles. The van der Waals surface area contributed by atoms with Crippen molar-refractivity contribution >= 4 is 12.2 Å². The summed E-state index contributed by atoms with van der Waals surface area (Å²) in [5.41, 5.74) is 0.129. The molecule has 5 saturated carbocycles. The van der Waals surface area contributed by atoms with Crippen LogP contribution in [0.2, 0.25) is 0 Å². The molecule has 1 unspecified atom stereocenters. The van der Waals surface area contributed by atoms with Gasteiger partial charge in [-0.2, -0.15) is 0 Å². The molecule has 8 aliphatic rings. The van der Waals surface area contributed by atoms with Crippen LogP contribution in [0, 0.1) is 56.7 Å². The summed E-state index contributed by atoms with van der Waals surface area (Å²) in [7, 11) is 2.17. The molecule has 0 aromatic rings. The summed E-state index contributed by atoms with van der Waals surface area (Å²) in [6.07, 6.45) is 7.87. The number of amides is 2. The monoisotopic (exact) mass is 727 g/mol. The minimum absolute atomic E-state index is 0.0202. The second kappa shape index (κ2) is 13.0. The Hall–Kier alpha value is -1.62. The topological polar surface area (TPSA) is 104 Å². The first-order valence-electron chi connectivity index (χ1n) is 21.2. The number of hydrogen-bond acceptors (Lipinski definition) is 8. The molecule has 2 spiro atoms. The van der Waals surface area contributed by atoms with E-state index in [1.165, 1.54) is 12.8 Å². The molecule has 3 heterocycles. The smallest absolute Gasteiger partial charge is 0.410 e. The summed E-state index contributed by atoms with van der Waals surface area (Å²) in [6, 6.07) is 0. The highest BCUT2D eigenvalue weighted by Gasteiger charge is 2.84. The normalized spacial score (nSPS) is 47.2. The Kier molecular flexibility index (Phi) is 9.31. The van der Waals surface area contributed by atoms with Gasteiger partial charge in [0.05, 0.1) is 18.3 Å². The van der Waals surface area contributed by atoms with E-state index in [2.05, 4.69) is 70.6 Å². The number of piperazine rings is 1. The molecule has 10 heteroatoms. The first-order valence-corrected chi connectivity index (χ1v) is 21.2. The van der Waals surface area contributed by atoms with Gasteiger partial charge in [0.15, 0.2) is 0 Å². The number of carbonyl (C=O) groups is 2. The molecule has 0 radical (unpaired) electrons. The highest BCUT2D eigenvalue weighted by Crippen LogP contribution is 2.89. The number of ether oxygens (including phenoxy) is 3. The van der Waals surface area contributed by atoms with Crippen LogP contribution in [0.15, 0.2) is 0 Å². The van der Waals surface area contributed by atoms with E-state index < -0.39 is 6.10 Å². The maximum atomic E-state index is 13.1. The molecule has 3 saturated heterocycles. The maximum Gasteiger partial charge on any atom is 0.410 e. The molecule has 3 aliphatic heterocycles. The lowest BCUT2D eigenvalue weighted by atomic mass is 9.41. The van der Waals surface area contributed by atoms with Gasteiger partial charge in [0.1, 0.15) is 12.2 Å². The minimum Gasteiger partial charge on any atom is -0.446 e. The Morgan fingerprint density at radius 2 is 1.63 bits per heavy atom. The molecule has 10 nitrogen and oxygen atoms in total. The third-order valence-electron chi connectivity index (χ3n) is 17.7. The largest absolute Gasteiger partial charge is 0.446 e. The summed E-state index contributed by atoms with van der Waals surface area (Å²) in [6.45, 7) is 23.6. The van der Waals surface area contributed by atoms with Crippen LogP contribution in [0.25, 0.3) is 0 Å². The van der Waals surface area contributed by atoms with E-state index in [1.807, 2.05) is 0 Å². The van der Waals surface area contributed by atoms with Crippen LogP contribution >= 0.6 is 0 Å². The van der Waals surface area contributed by atoms with Crippen molar-refractivity contribution in [2.75, 3.05) is 59.4 Å². The molecule has 8 rings (SSSR count). The summed E-state index contributed by atoms with van der Waals surface area (Å²) in [5, 5.41) is 15.8. The lowest BCUT2D eigenvalue weighted by Gasteiger charge is -2.63. The van der Waals surface area contributed by atoms with Crippen LogP contribution in [-0.2, 0) is 14.2 Å². The van der Waals surface area contributed by atoms with Gasteiger partial charge in [0.25, 0.3) is 0 Å². The van der Waals surface area contributed by atoms with Gasteiger partial charge >= 0.3 is 12.2 Å². The number of nitrogens with one attached hydrogen (secondary N) is 1. The number of fused-ring (bicyclic) bond motifs is 4. The molecule has 0 bridgehead atoms. The lowest BCUT2D eigenvalue weighted by molar-refractivity contribution is -0.185. The zero-order valence-corrected chi connectivity index (χ0v) is 33.6. The second-order valence-electron chi connectivity index (χ2n) is 20.5. The van der Waals surface area contributed by atoms with Gasteiger partial charge in [-0.25, -0.2) is 9.59 Å². The van der Waals surface area contributed by atoms with E-state index in [1.54, 1.807) is 4.90 Å². The van der Waals surface area contributed by atoms with Gasteiger partial charge in [-0.1, -0.05) is 48.5 Å². The number of aliphatic hydroxyl groups excluding tert-OH is 1. The van der Waals surface area contributed by atoms with Crippen molar-refractivity contribution in [3.63, 3.8) is 0 Å². The Morgan fingerprint density at radius 3 is 2.31 bits per heavy atom. The van der Waals surface area contributed by atoms with Crippen LogP contribution in [-0.4, -0.2) is 122 Å². The van der Waals surface area contributed by atoms with E-state index in [0.717, 1.165) is 90.8 Å². The zero-order valence-electron chi connectivity index (χ0n) is 33.6. The molecular formula is C42H70N4O6. The number of nitrogens with zero attached hydrogens (tertiary/aromatic N) is 3. The predicted octanol–water partition coefficient (Wildman–Crippen LogP) is 6.01. The average molecular weight is 727 g/mol. The summed E-state index contributed by atoms with van der Waals surface area (Å²) < 4.78 is 19.5. The quantitative estimate of drug-likeness (QED) is 0.329. The highest BCUT2D eigenvalue weighted by atomic mass is 16.6. The standard InChI is InChI=1S/C42H70N4O6/c1-26(2)33(52-37(49)46-17-9-18-46)28-24-27(3)32-34(50-28)35(47)40(7)30-11-10-29-38(4,5)31(12-13-41(29)25-42(30,41)15-14-39(32,40)6)51-36(48)43-16-19-45-22-20-44(8)21-23-45/h26-35,47H,9-25H2,1-8H3,(H,43,48)/t27-,28-,29+,30+,31+,32+,33-,34+,35+,39-,40-,41-,42?/m1/s1. The lowest BCUT2D eigenvalue weighted by Crippen LogP contribution is -2.60. The Morgan fingerprint density at radius 1 is 0.942 bits per heavy atom. The Balaban J connectivity index is 0.956. The zero-order chi connectivity index (χ0) is 37.0. The molecule has 0 aromatic heterocycles. The summed E-state index contributed by atoms with van der Waals surface area (Å²) in [4.78, 5) is 32.7. The number of alkyl carbamates (subject to hydrolysis) is 1. The van der Waals surface area contributed by atoms with Gasteiger partial charge in [-0.3, -0.25) is 4.90 Å². The third-order valence-corrected chi connectivity index (χ3v) is 17.7. The van der Waals surface area contributed by atoms with Crippen LogP contribution < -0.4 is 5.32 Å². The van der Waals surface area contributed by atoms with Crippen LogP contribution in [0.1, 0.15) is 106 Å². The van der Waals surface area contributed by atoms with Crippen LogP contribution in [0.4, 0.5) is 9.59 Å². The fraction of sp³-hybridized carbons (Fsp3) is 0.952. The van der Waals surface area contributed by atoms with Gasteiger partial charge < -0.3 is 34.4 Å². The van der Waals surface area contributed by atoms with E-state index in [9.17, 15) is 14.7 Å². The molecule has 8 fully saturated rings. The fourth-order valence-corrected chi connectivity index (χ4v) is 14.6. The van der Waals surface area contributed by atoms with Crippen molar-refractivity contribution in [1.29, 1.82) is 0 Å². The van der Waals surface area contributed by atoms with E-state index in [-0.39, 0.29) is 75.5 Å². The van der Waals surface area contributed by atoms with Gasteiger partial charge in [0.2, 0.25) is 0 Å². The van der Waals surface area contributed by atoms with Crippen molar-refractivity contribution in [3.8, 4) is 0 Å². The third kappa shape index (κ3) is 5.36. The number of likely N-dealkylation sites (N-methyl/N-ethyl adjacent to an activating group) is 1. The molecule has 2 N–H and O–H groups in total. The first-order chi connectivity index (χ1) is 24.6. The molecule has 52 heavy (non-hydrogen) atoms. The number of likely N-dealkylation sites (tertiary alicyclic amines) is 1. The number of carbonyl (C=O) groups excluding carboxylic acids is 2. The van der Waals surface area contributed by atoms with Crippen LogP contribution in [0.3, 0.4) is 0 Å². The van der Waals surface area contributed by atoms with Gasteiger partial charge in [-0.15, -0.1) is 0 Å². The number of hydrogen-bond donors (Lipinski definition) is 2. The average Bonchev–Trinajstić information content (AvgIpc) is 3.69. The minimum atomic E-state index is -0.551. The van der Waals surface area contributed by atoms with Crippen molar-refractivity contribution in [2.24, 2.45) is 56.7 Å². The Bertz CT molecular complexity index is 1380. The van der Waals surface area contributed by atoms with Gasteiger partial charge in [-0.05, 0) is 111 Å². The summed E-state index contributed by atoms with van der Waals surface area (Å²) >= 11 is 0. The van der Waals surface area contributed by atoms with E-state index in [0.29, 0.717) is 24.3 Å². The molecule has 13 atom stereocenters. The van der Waals surface area contributed by atoms with Crippen LogP contribution in [0.5, 0.6) is 0 Å². The predicted molar refractivity (Wildman–Crippen MR) is 200 cm³/mol. The first kappa shape index (κ1) is 37.3. The fourth-order valence-electron chi connectivity index (χ4n) is 14.6. The van der Waals surface area contributed by atoms with Crippen molar-refractivity contribution in [2.45, 2.75) is 137 Å². The van der Waals surface area contributed by atoms with Crippen molar-refractivity contribution < 1.29 is 28.9 Å². The number of rotatable bonds is 7. The van der Waals surface area contributed by atoms with E-state index in [4.69, 9.17) is 14.2 Å². The van der Waals surface area contributed by atoms with E-state index >= 15 is 0 Å². The van der Waals surface area contributed by atoms with Crippen molar-refractivity contribution in [3.05, 3.63) is 0 Å². The Labute approximate surface area is 313 Å². The van der Waals surface area contributed by atoms with Gasteiger partial charge in [0, 0.05) is 63.2 Å². The molecule has 294 valence electrons. The molecule has 2 amide bonds. The molecule has 0 aromatic carbocycles. The van der Waals surface area contributed by atoms with Crippen molar-refractivity contribution in [1.82, 2.24) is 20.0 Å². The number of aliphatic hydroxyl groups is 1. The highest BCUT2D eigenvalue weighted by molar-refractivity contribution is 5.68. The maximum absolute atomic E-state index is 13.1.